The van der Waals surface area contributed by atoms with Crippen molar-refractivity contribution < 1.29 is 24.2 Å². The van der Waals surface area contributed by atoms with Gasteiger partial charge in [-0.05, 0) is 39.9 Å². The molecule has 0 heterocycles. The number of benzene rings is 3. The summed E-state index contributed by atoms with van der Waals surface area (Å²) in [6.07, 6.45) is -0.743. The van der Waals surface area contributed by atoms with Crippen LogP contribution < -0.4 is 16.4 Å². The molecule has 4 rings (SSSR count). The Morgan fingerprint density at radius 3 is 2.03 bits per heavy atom. The first-order chi connectivity index (χ1) is 15.9. The molecule has 168 valence electrons. The lowest BCUT2D eigenvalue weighted by atomic mass is 9.98. The third-order valence-electron chi connectivity index (χ3n) is 5.60. The monoisotopic (exact) mass is 445 g/mol. The Kier molecular flexibility index (Phi) is 6.26. The number of hydrogen-bond donors (Lipinski definition) is 4. The third kappa shape index (κ3) is 4.95. The first kappa shape index (κ1) is 21.9. The topological polar surface area (TPSA) is 131 Å². The van der Waals surface area contributed by atoms with Gasteiger partial charge in [-0.3, -0.25) is 0 Å². The van der Waals surface area contributed by atoms with Crippen LogP contribution in [-0.4, -0.2) is 35.8 Å². The van der Waals surface area contributed by atoms with Crippen LogP contribution in [0.25, 0.3) is 11.1 Å². The number of rotatable bonds is 7. The number of ether oxygens (including phenoxy) is 1. The number of amides is 3. The summed E-state index contributed by atoms with van der Waals surface area (Å²) in [5.41, 5.74) is 10.6. The maximum Gasteiger partial charge on any atom is 0.407 e. The SMILES string of the molecule is NC(=O)Nc1ccc(C[C@H](NC(=O)OCC2c3ccccc3-c3ccccc32)C(=O)O)cc1. The molecule has 3 amide bonds. The van der Waals surface area contributed by atoms with Gasteiger partial charge in [0, 0.05) is 18.0 Å². The van der Waals surface area contributed by atoms with E-state index >= 15 is 0 Å². The van der Waals surface area contributed by atoms with Crippen LogP contribution in [-0.2, 0) is 16.0 Å². The molecule has 5 N–H and O–H groups in total. The number of hydrogen-bond acceptors (Lipinski definition) is 4. The van der Waals surface area contributed by atoms with E-state index in [9.17, 15) is 19.5 Å². The minimum absolute atomic E-state index is 0.0520. The van der Waals surface area contributed by atoms with E-state index in [1.165, 1.54) is 0 Å². The highest BCUT2D eigenvalue weighted by molar-refractivity contribution is 5.87. The van der Waals surface area contributed by atoms with Crippen LogP contribution >= 0.6 is 0 Å². The van der Waals surface area contributed by atoms with Crippen LogP contribution in [0.2, 0.25) is 0 Å². The van der Waals surface area contributed by atoms with Gasteiger partial charge in [-0.15, -0.1) is 0 Å². The van der Waals surface area contributed by atoms with Gasteiger partial charge in [-0.1, -0.05) is 60.7 Å². The third-order valence-corrected chi connectivity index (χ3v) is 5.60. The highest BCUT2D eigenvalue weighted by atomic mass is 16.5. The number of primary amides is 1. The summed E-state index contributed by atoms with van der Waals surface area (Å²) in [6.45, 7) is 0.0969. The maximum absolute atomic E-state index is 12.4. The number of fused-ring (bicyclic) bond motifs is 3. The molecule has 8 nitrogen and oxygen atoms in total. The lowest BCUT2D eigenvalue weighted by Gasteiger charge is -2.17. The van der Waals surface area contributed by atoms with Gasteiger partial charge in [0.1, 0.15) is 12.6 Å². The fraction of sp³-hybridized carbons (Fsp3) is 0.160. The quantitative estimate of drug-likeness (QED) is 0.440. The van der Waals surface area contributed by atoms with Gasteiger partial charge in [-0.2, -0.15) is 0 Å². The summed E-state index contributed by atoms with van der Waals surface area (Å²) in [4.78, 5) is 35.0. The number of carboxylic acids is 1. The van der Waals surface area contributed by atoms with E-state index in [4.69, 9.17) is 10.5 Å². The molecular formula is C25H23N3O5. The zero-order chi connectivity index (χ0) is 23.4. The summed E-state index contributed by atoms with van der Waals surface area (Å²) >= 11 is 0. The Bertz CT molecular complexity index is 1150. The second-order valence-electron chi connectivity index (χ2n) is 7.75. The molecule has 0 saturated heterocycles. The van der Waals surface area contributed by atoms with Crippen molar-refractivity contribution in [2.75, 3.05) is 11.9 Å². The maximum atomic E-state index is 12.4. The largest absolute Gasteiger partial charge is 0.480 e. The highest BCUT2D eigenvalue weighted by Crippen LogP contribution is 2.44. The van der Waals surface area contributed by atoms with Gasteiger partial charge in [-0.25, -0.2) is 14.4 Å². The van der Waals surface area contributed by atoms with E-state index in [0.29, 0.717) is 11.3 Å². The van der Waals surface area contributed by atoms with Gasteiger partial charge in [0.15, 0.2) is 0 Å². The fourth-order valence-corrected chi connectivity index (χ4v) is 4.08. The number of nitrogens with one attached hydrogen (secondary N) is 2. The van der Waals surface area contributed by atoms with Crippen LogP contribution in [0.4, 0.5) is 15.3 Å². The minimum Gasteiger partial charge on any atom is -0.480 e. The van der Waals surface area contributed by atoms with Gasteiger partial charge < -0.3 is 26.2 Å². The molecule has 1 aliphatic carbocycles. The number of carbonyl (C=O) groups is 3. The molecule has 0 saturated carbocycles. The van der Waals surface area contributed by atoms with Crippen molar-refractivity contribution >= 4 is 23.8 Å². The molecule has 1 aliphatic rings. The van der Waals surface area contributed by atoms with Crippen LogP contribution in [0.3, 0.4) is 0 Å². The molecule has 1 atom stereocenters. The summed E-state index contributed by atoms with van der Waals surface area (Å²) in [5, 5.41) is 14.4. The number of anilines is 1. The van der Waals surface area contributed by atoms with Crippen LogP contribution in [0.5, 0.6) is 0 Å². The van der Waals surface area contributed by atoms with Gasteiger partial charge >= 0.3 is 18.1 Å². The second-order valence-corrected chi connectivity index (χ2v) is 7.75. The van der Waals surface area contributed by atoms with E-state index in [1.807, 2.05) is 48.5 Å². The molecule has 0 unspecified atom stereocenters. The Hall–Kier alpha value is -4.33. The lowest BCUT2D eigenvalue weighted by molar-refractivity contribution is -0.139. The average molecular weight is 445 g/mol. The van der Waals surface area contributed by atoms with Crippen molar-refractivity contribution in [3.63, 3.8) is 0 Å². The number of aliphatic carboxylic acids is 1. The first-order valence-electron chi connectivity index (χ1n) is 10.4. The van der Waals surface area contributed by atoms with E-state index < -0.39 is 24.1 Å². The Morgan fingerprint density at radius 1 is 0.909 bits per heavy atom. The number of urea groups is 1. The van der Waals surface area contributed by atoms with Crippen molar-refractivity contribution in [2.45, 2.75) is 18.4 Å². The van der Waals surface area contributed by atoms with Gasteiger partial charge in [0.2, 0.25) is 0 Å². The van der Waals surface area contributed by atoms with Crippen molar-refractivity contribution in [1.29, 1.82) is 0 Å². The molecule has 33 heavy (non-hydrogen) atoms. The fourth-order valence-electron chi connectivity index (χ4n) is 4.08. The van der Waals surface area contributed by atoms with Crippen molar-refractivity contribution in [3.05, 3.63) is 89.5 Å². The van der Waals surface area contributed by atoms with Gasteiger partial charge in [0.25, 0.3) is 0 Å². The molecule has 3 aromatic carbocycles. The molecule has 3 aromatic rings. The van der Waals surface area contributed by atoms with Crippen molar-refractivity contribution in [2.24, 2.45) is 5.73 Å². The van der Waals surface area contributed by atoms with Crippen molar-refractivity contribution in [3.8, 4) is 11.1 Å². The van der Waals surface area contributed by atoms with Crippen LogP contribution in [0, 0.1) is 0 Å². The molecule has 0 aliphatic heterocycles. The predicted molar refractivity (Wildman–Crippen MR) is 123 cm³/mol. The summed E-state index contributed by atoms with van der Waals surface area (Å²) in [7, 11) is 0. The van der Waals surface area contributed by atoms with Gasteiger partial charge in [0.05, 0.1) is 0 Å². The number of carbonyl (C=O) groups excluding carboxylic acids is 2. The Morgan fingerprint density at radius 2 is 1.48 bits per heavy atom. The number of alkyl carbamates (subject to hydrolysis) is 1. The van der Waals surface area contributed by atoms with E-state index in [-0.39, 0.29) is 18.9 Å². The summed E-state index contributed by atoms with van der Waals surface area (Å²) in [6, 6.07) is 20.6. The zero-order valence-corrected chi connectivity index (χ0v) is 17.7. The molecule has 0 fully saturated rings. The Labute approximate surface area is 190 Å². The smallest absolute Gasteiger partial charge is 0.407 e. The molecule has 0 bridgehead atoms. The molecular weight excluding hydrogens is 422 g/mol. The van der Waals surface area contributed by atoms with Crippen LogP contribution in [0.1, 0.15) is 22.6 Å². The summed E-state index contributed by atoms with van der Waals surface area (Å²) in [5.74, 6) is -1.29. The zero-order valence-electron chi connectivity index (χ0n) is 17.7. The minimum atomic E-state index is -1.18. The molecule has 0 radical (unpaired) electrons. The number of nitrogens with two attached hydrogens (primary N) is 1. The second kappa shape index (κ2) is 9.44. The normalized spacial score (nSPS) is 12.8. The molecule has 0 aromatic heterocycles. The predicted octanol–water partition coefficient (Wildman–Crippen LogP) is 3.71. The lowest BCUT2D eigenvalue weighted by Crippen LogP contribution is -2.42. The van der Waals surface area contributed by atoms with E-state index in [1.54, 1.807) is 24.3 Å². The van der Waals surface area contributed by atoms with E-state index in [2.05, 4.69) is 10.6 Å². The first-order valence-corrected chi connectivity index (χ1v) is 10.4. The van der Waals surface area contributed by atoms with Crippen LogP contribution in [0.15, 0.2) is 72.8 Å². The average Bonchev–Trinajstić information content (AvgIpc) is 3.12. The van der Waals surface area contributed by atoms with E-state index in [0.717, 1.165) is 22.3 Å². The molecule has 0 spiro atoms. The van der Waals surface area contributed by atoms with Crippen molar-refractivity contribution in [1.82, 2.24) is 5.32 Å². The summed E-state index contributed by atoms with van der Waals surface area (Å²) < 4.78 is 5.45. The Balaban J connectivity index is 1.39. The molecule has 8 heteroatoms. The standard InChI is InChI=1S/C25H23N3O5/c26-24(31)27-16-11-9-15(10-12-16)13-22(23(29)30)28-25(32)33-14-21-19-7-3-1-5-17(19)18-6-2-4-8-20(18)21/h1-12,21-22H,13-14H2,(H,28,32)(H,29,30)(H3,26,27,31)/t22-/m0/s1. The highest BCUT2D eigenvalue weighted by Gasteiger charge is 2.29. The number of carboxylic acid groups (broad SMARTS) is 1.